The summed E-state index contributed by atoms with van der Waals surface area (Å²) in [5.41, 5.74) is 2.49. The summed E-state index contributed by atoms with van der Waals surface area (Å²) in [6.45, 7) is 2.20. The number of nitrogens with one attached hydrogen (secondary N) is 2. The summed E-state index contributed by atoms with van der Waals surface area (Å²) in [5, 5.41) is 5.54. The van der Waals surface area contributed by atoms with Crippen LogP contribution in [-0.2, 0) is 11.2 Å². The Hall–Kier alpha value is -3.60. The molecule has 2 amide bonds. The number of unbranched alkanes of at least 4 members (excludes halogenated alkanes) is 3. The van der Waals surface area contributed by atoms with Gasteiger partial charge in [0.05, 0.1) is 6.26 Å². The van der Waals surface area contributed by atoms with Gasteiger partial charge >= 0.3 is 0 Å². The van der Waals surface area contributed by atoms with Crippen LogP contribution in [0.1, 0.15) is 54.3 Å². The molecule has 0 aliphatic carbocycles. The summed E-state index contributed by atoms with van der Waals surface area (Å²) in [5.74, 6) is -0.312. The number of benzene rings is 2. The summed E-state index contributed by atoms with van der Waals surface area (Å²) in [7, 11) is 0. The van der Waals surface area contributed by atoms with Crippen LogP contribution in [0.15, 0.2) is 83.1 Å². The lowest BCUT2D eigenvalue weighted by molar-refractivity contribution is -0.113. The average molecular weight is 417 g/mol. The molecule has 2 aromatic carbocycles. The van der Waals surface area contributed by atoms with Crippen molar-refractivity contribution < 1.29 is 14.0 Å². The Morgan fingerprint density at radius 2 is 1.68 bits per heavy atom. The van der Waals surface area contributed by atoms with Crippen LogP contribution in [0.3, 0.4) is 0 Å². The van der Waals surface area contributed by atoms with Gasteiger partial charge in [0.2, 0.25) is 0 Å². The van der Waals surface area contributed by atoms with Crippen LogP contribution in [0.2, 0.25) is 0 Å². The van der Waals surface area contributed by atoms with E-state index in [1.165, 1.54) is 43.6 Å². The van der Waals surface area contributed by atoms with Crippen molar-refractivity contribution in [3.05, 3.63) is 95.6 Å². The minimum atomic E-state index is -0.420. The summed E-state index contributed by atoms with van der Waals surface area (Å²) in [6, 6.07) is 20.0. The molecule has 3 rings (SSSR count). The first kappa shape index (κ1) is 22.1. The van der Waals surface area contributed by atoms with E-state index in [-0.39, 0.29) is 11.6 Å². The molecule has 0 radical (unpaired) electrons. The van der Waals surface area contributed by atoms with Crippen LogP contribution >= 0.6 is 0 Å². The number of aryl methyl sites for hydroxylation is 1. The standard InChI is InChI=1S/C26H28N2O3/c1-2-3-4-6-10-20-14-16-22(17-15-20)27-26(30)24(19-23-13-9-18-31-23)28-25(29)21-11-7-5-8-12-21/h5,7-9,11-19H,2-4,6,10H2,1H3,(H,27,30)(H,28,29)/b24-19-. The molecular weight excluding hydrogens is 388 g/mol. The number of rotatable bonds is 10. The molecule has 2 N–H and O–H groups in total. The van der Waals surface area contributed by atoms with Crippen LogP contribution in [0.25, 0.3) is 6.08 Å². The predicted octanol–water partition coefficient (Wildman–Crippen LogP) is 5.81. The maximum absolute atomic E-state index is 12.9. The Kier molecular flexibility index (Phi) is 8.23. The van der Waals surface area contributed by atoms with Gasteiger partial charge in [0.15, 0.2) is 0 Å². The van der Waals surface area contributed by atoms with Crippen molar-refractivity contribution in [1.29, 1.82) is 0 Å². The highest BCUT2D eigenvalue weighted by Gasteiger charge is 2.15. The number of hydrogen-bond donors (Lipinski definition) is 2. The molecule has 0 fully saturated rings. The highest BCUT2D eigenvalue weighted by Crippen LogP contribution is 2.15. The molecule has 0 spiro atoms. The molecule has 0 saturated carbocycles. The third kappa shape index (κ3) is 7.00. The number of carbonyl (C=O) groups is 2. The van der Waals surface area contributed by atoms with Gasteiger partial charge in [-0.2, -0.15) is 0 Å². The SMILES string of the molecule is CCCCCCc1ccc(NC(=O)/C(=C/c2ccco2)NC(=O)c2ccccc2)cc1. The first-order chi connectivity index (χ1) is 15.2. The first-order valence-electron chi connectivity index (χ1n) is 10.7. The monoisotopic (exact) mass is 416 g/mol. The largest absolute Gasteiger partial charge is 0.465 e. The Morgan fingerprint density at radius 3 is 2.35 bits per heavy atom. The zero-order valence-corrected chi connectivity index (χ0v) is 17.8. The van der Waals surface area contributed by atoms with Gasteiger partial charge < -0.3 is 15.1 Å². The predicted molar refractivity (Wildman–Crippen MR) is 124 cm³/mol. The number of furan rings is 1. The first-order valence-corrected chi connectivity index (χ1v) is 10.7. The molecule has 0 aliphatic rings. The number of hydrogen-bond acceptors (Lipinski definition) is 3. The number of anilines is 1. The maximum Gasteiger partial charge on any atom is 0.272 e. The quantitative estimate of drug-likeness (QED) is 0.323. The van der Waals surface area contributed by atoms with E-state index >= 15 is 0 Å². The lowest BCUT2D eigenvalue weighted by atomic mass is 10.1. The van der Waals surface area contributed by atoms with E-state index in [0.29, 0.717) is 17.0 Å². The van der Waals surface area contributed by atoms with E-state index in [4.69, 9.17) is 4.42 Å². The van der Waals surface area contributed by atoms with Gasteiger partial charge in [0.25, 0.3) is 11.8 Å². The Morgan fingerprint density at radius 1 is 0.903 bits per heavy atom. The Balaban J connectivity index is 1.68. The van der Waals surface area contributed by atoms with Crippen molar-refractivity contribution in [3.63, 3.8) is 0 Å². The topological polar surface area (TPSA) is 71.3 Å². The fourth-order valence-corrected chi connectivity index (χ4v) is 3.17. The molecule has 5 nitrogen and oxygen atoms in total. The molecule has 1 aromatic heterocycles. The van der Waals surface area contributed by atoms with Crippen molar-refractivity contribution in [1.82, 2.24) is 5.32 Å². The zero-order chi connectivity index (χ0) is 21.9. The molecular formula is C26H28N2O3. The van der Waals surface area contributed by atoms with Crippen molar-refractivity contribution in [3.8, 4) is 0 Å². The van der Waals surface area contributed by atoms with Gasteiger partial charge in [0, 0.05) is 17.3 Å². The fraction of sp³-hybridized carbons (Fsp3) is 0.231. The third-order valence-electron chi connectivity index (χ3n) is 4.89. The van der Waals surface area contributed by atoms with E-state index in [9.17, 15) is 9.59 Å². The molecule has 5 heteroatoms. The van der Waals surface area contributed by atoms with Crippen LogP contribution in [0.4, 0.5) is 5.69 Å². The zero-order valence-electron chi connectivity index (χ0n) is 17.8. The lowest BCUT2D eigenvalue weighted by Gasteiger charge is -2.11. The summed E-state index contributed by atoms with van der Waals surface area (Å²) in [4.78, 5) is 25.5. The maximum atomic E-state index is 12.9. The molecule has 0 unspecified atom stereocenters. The molecule has 3 aromatic rings. The van der Waals surface area contributed by atoms with Gasteiger partial charge in [-0.25, -0.2) is 0 Å². The molecule has 1 heterocycles. The molecule has 0 aliphatic heterocycles. The highest BCUT2D eigenvalue weighted by atomic mass is 16.3. The van der Waals surface area contributed by atoms with Crippen molar-refractivity contribution in [2.24, 2.45) is 0 Å². The van der Waals surface area contributed by atoms with Gasteiger partial charge in [-0.15, -0.1) is 0 Å². The molecule has 0 saturated heterocycles. The Labute approximate surface area is 183 Å². The average Bonchev–Trinajstić information content (AvgIpc) is 3.31. The second kappa shape index (κ2) is 11.6. The minimum Gasteiger partial charge on any atom is -0.465 e. The van der Waals surface area contributed by atoms with E-state index < -0.39 is 5.91 Å². The molecule has 0 atom stereocenters. The van der Waals surface area contributed by atoms with Gasteiger partial charge in [-0.3, -0.25) is 9.59 Å². The minimum absolute atomic E-state index is 0.104. The molecule has 31 heavy (non-hydrogen) atoms. The van der Waals surface area contributed by atoms with E-state index in [0.717, 1.165) is 6.42 Å². The molecule has 0 bridgehead atoms. The number of amides is 2. The van der Waals surface area contributed by atoms with Crippen molar-refractivity contribution in [2.75, 3.05) is 5.32 Å². The second-order valence-corrected chi connectivity index (χ2v) is 7.36. The van der Waals surface area contributed by atoms with Crippen LogP contribution < -0.4 is 10.6 Å². The Bertz CT molecular complexity index is 991. The summed E-state index contributed by atoms with van der Waals surface area (Å²) >= 11 is 0. The van der Waals surface area contributed by atoms with E-state index in [1.54, 1.807) is 36.4 Å². The smallest absolute Gasteiger partial charge is 0.272 e. The normalized spacial score (nSPS) is 11.2. The summed E-state index contributed by atoms with van der Waals surface area (Å²) < 4.78 is 5.31. The van der Waals surface area contributed by atoms with Crippen LogP contribution in [0, 0.1) is 0 Å². The fourth-order valence-electron chi connectivity index (χ4n) is 3.17. The molecule has 160 valence electrons. The second-order valence-electron chi connectivity index (χ2n) is 7.36. The summed E-state index contributed by atoms with van der Waals surface area (Å²) in [6.07, 6.45) is 8.94. The number of carbonyl (C=O) groups excluding carboxylic acids is 2. The van der Waals surface area contributed by atoms with Gasteiger partial charge in [0.1, 0.15) is 11.5 Å². The van der Waals surface area contributed by atoms with Crippen LogP contribution in [0.5, 0.6) is 0 Å². The van der Waals surface area contributed by atoms with Crippen molar-refractivity contribution in [2.45, 2.75) is 39.0 Å². The lowest BCUT2D eigenvalue weighted by Crippen LogP contribution is -2.30. The highest BCUT2D eigenvalue weighted by molar-refractivity contribution is 6.10. The van der Waals surface area contributed by atoms with E-state index in [1.807, 2.05) is 30.3 Å². The van der Waals surface area contributed by atoms with E-state index in [2.05, 4.69) is 17.6 Å². The van der Waals surface area contributed by atoms with Crippen molar-refractivity contribution >= 4 is 23.6 Å². The third-order valence-corrected chi connectivity index (χ3v) is 4.89. The van der Waals surface area contributed by atoms with Gasteiger partial charge in [-0.05, 0) is 54.8 Å². The van der Waals surface area contributed by atoms with Gasteiger partial charge in [-0.1, -0.05) is 56.5 Å². The van der Waals surface area contributed by atoms with Crippen LogP contribution in [-0.4, -0.2) is 11.8 Å².